The Balaban J connectivity index is 1.57. The van der Waals surface area contributed by atoms with Crippen molar-refractivity contribution >= 4 is 17.4 Å². The molecule has 3 aromatic heterocycles. The normalized spacial score (nSPS) is 11.5. The van der Waals surface area contributed by atoms with Crippen molar-refractivity contribution in [3.05, 3.63) is 67.1 Å². The van der Waals surface area contributed by atoms with Crippen molar-refractivity contribution in [3.8, 4) is 22.3 Å². The van der Waals surface area contributed by atoms with Gasteiger partial charge in [0.25, 0.3) is 0 Å². The summed E-state index contributed by atoms with van der Waals surface area (Å²) in [5, 5.41) is 8.31. The molecule has 158 valence electrons. The highest BCUT2D eigenvalue weighted by atomic mass is 19.4. The number of pyridine rings is 1. The molecule has 3 heterocycles. The minimum absolute atomic E-state index is 0.208. The number of nitrogens with zero attached hydrogens (tertiary/aromatic N) is 4. The van der Waals surface area contributed by atoms with E-state index < -0.39 is 18.8 Å². The fourth-order valence-electron chi connectivity index (χ4n) is 2.88. The van der Waals surface area contributed by atoms with Crippen LogP contribution in [-0.2, 0) is 0 Å². The van der Waals surface area contributed by atoms with Gasteiger partial charge in [-0.05, 0) is 23.8 Å². The van der Waals surface area contributed by atoms with Gasteiger partial charge in [0.2, 0.25) is 0 Å². The van der Waals surface area contributed by atoms with E-state index in [-0.39, 0.29) is 11.5 Å². The van der Waals surface area contributed by atoms with Crippen LogP contribution in [0.5, 0.6) is 0 Å². The molecule has 4 aromatic rings. The molecular weight excluding hydrogens is 416 g/mol. The lowest BCUT2D eigenvalue weighted by Crippen LogP contribution is -2.36. The summed E-state index contributed by atoms with van der Waals surface area (Å²) in [6, 6.07) is 6.51. The van der Waals surface area contributed by atoms with Crippen molar-refractivity contribution in [2.45, 2.75) is 6.18 Å². The van der Waals surface area contributed by atoms with Crippen molar-refractivity contribution in [2.75, 3.05) is 11.9 Å². The molecule has 0 atom stereocenters. The number of rotatable bonds is 4. The third kappa shape index (κ3) is 4.77. The summed E-state index contributed by atoms with van der Waals surface area (Å²) in [7, 11) is 0. The van der Waals surface area contributed by atoms with Crippen molar-refractivity contribution in [1.29, 1.82) is 0 Å². The van der Waals surface area contributed by atoms with Gasteiger partial charge in [-0.3, -0.25) is 4.98 Å². The van der Waals surface area contributed by atoms with E-state index >= 15 is 0 Å². The van der Waals surface area contributed by atoms with E-state index in [1.165, 1.54) is 24.5 Å². The average Bonchev–Trinajstić information content (AvgIpc) is 3.16. The first-order valence-corrected chi connectivity index (χ1v) is 8.95. The van der Waals surface area contributed by atoms with Crippen LogP contribution in [-0.4, -0.2) is 38.3 Å². The molecule has 0 fully saturated rings. The lowest BCUT2D eigenvalue weighted by Gasteiger charge is -2.10. The van der Waals surface area contributed by atoms with Crippen LogP contribution in [0.4, 0.5) is 28.0 Å². The highest BCUT2D eigenvalue weighted by Gasteiger charge is 2.27. The van der Waals surface area contributed by atoms with E-state index in [1.54, 1.807) is 46.6 Å². The molecule has 11 heteroatoms. The number of halogens is 4. The molecule has 0 aliphatic carbocycles. The fourth-order valence-corrected chi connectivity index (χ4v) is 2.88. The molecule has 0 saturated heterocycles. The number of aromatic nitrogens is 4. The molecule has 0 unspecified atom stereocenters. The maximum atomic E-state index is 13.1. The monoisotopic (exact) mass is 430 g/mol. The standard InChI is InChI=1S/C20H14F4N6O/c21-15-3-1-12(2-4-15)14-7-26-18-17(9-28-30(18)10-14)13-5-16(8-25-6-13)29-19(31)27-11-20(22,23)24/h1-10H,11H2,(H2,27,29,31). The predicted molar refractivity (Wildman–Crippen MR) is 105 cm³/mol. The molecule has 0 bridgehead atoms. The number of nitrogens with one attached hydrogen (secondary N) is 2. The summed E-state index contributed by atoms with van der Waals surface area (Å²) < 4.78 is 51.3. The zero-order valence-corrected chi connectivity index (χ0v) is 15.7. The van der Waals surface area contributed by atoms with E-state index in [4.69, 9.17) is 0 Å². The smallest absolute Gasteiger partial charge is 0.329 e. The Kier molecular flexibility index (Phi) is 5.24. The van der Waals surface area contributed by atoms with Crippen LogP contribution >= 0.6 is 0 Å². The van der Waals surface area contributed by atoms with E-state index in [0.717, 1.165) is 11.1 Å². The number of carbonyl (C=O) groups is 1. The van der Waals surface area contributed by atoms with E-state index in [1.807, 2.05) is 0 Å². The van der Waals surface area contributed by atoms with Crippen molar-refractivity contribution in [2.24, 2.45) is 0 Å². The van der Waals surface area contributed by atoms with Gasteiger partial charge < -0.3 is 10.6 Å². The summed E-state index contributed by atoms with van der Waals surface area (Å²) in [4.78, 5) is 20.1. The molecule has 31 heavy (non-hydrogen) atoms. The summed E-state index contributed by atoms with van der Waals surface area (Å²) in [6.45, 7) is -1.44. The lowest BCUT2D eigenvalue weighted by molar-refractivity contribution is -0.122. The molecule has 0 aliphatic heterocycles. The Morgan fingerprint density at radius 2 is 1.77 bits per heavy atom. The first-order chi connectivity index (χ1) is 14.8. The van der Waals surface area contributed by atoms with Crippen molar-refractivity contribution in [1.82, 2.24) is 24.9 Å². The van der Waals surface area contributed by atoms with Gasteiger partial charge in [0.1, 0.15) is 12.4 Å². The van der Waals surface area contributed by atoms with Gasteiger partial charge in [-0.1, -0.05) is 12.1 Å². The zero-order chi connectivity index (χ0) is 22.0. The van der Waals surface area contributed by atoms with E-state index in [0.29, 0.717) is 16.8 Å². The first kappa shape index (κ1) is 20.3. The number of hydrogen-bond acceptors (Lipinski definition) is 4. The number of fused-ring (bicyclic) bond motifs is 1. The molecule has 7 nitrogen and oxygen atoms in total. The maximum absolute atomic E-state index is 13.1. The van der Waals surface area contributed by atoms with Crippen LogP contribution in [0.25, 0.3) is 27.9 Å². The summed E-state index contributed by atoms with van der Waals surface area (Å²) in [5.74, 6) is -0.341. The largest absolute Gasteiger partial charge is 0.405 e. The second kappa shape index (κ2) is 8.01. The maximum Gasteiger partial charge on any atom is 0.405 e. The quantitative estimate of drug-likeness (QED) is 0.474. The topological polar surface area (TPSA) is 84.2 Å². The summed E-state index contributed by atoms with van der Waals surface area (Å²) >= 11 is 0. The number of hydrogen-bond donors (Lipinski definition) is 2. The number of amides is 2. The highest BCUT2D eigenvalue weighted by molar-refractivity contribution is 5.90. The number of urea groups is 1. The van der Waals surface area contributed by atoms with E-state index in [2.05, 4.69) is 20.4 Å². The average molecular weight is 430 g/mol. The Labute approximate surface area is 172 Å². The third-order valence-corrected chi connectivity index (χ3v) is 4.29. The van der Waals surface area contributed by atoms with Gasteiger partial charge in [-0.2, -0.15) is 18.3 Å². The van der Waals surface area contributed by atoms with Gasteiger partial charge in [-0.15, -0.1) is 0 Å². The Morgan fingerprint density at radius 1 is 1.00 bits per heavy atom. The van der Waals surface area contributed by atoms with Crippen LogP contribution in [0.1, 0.15) is 0 Å². The van der Waals surface area contributed by atoms with E-state index in [9.17, 15) is 22.4 Å². The number of carbonyl (C=O) groups excluding carboxylic acids is 1. The Hall–Kier alpha value is -4.02. The lowest BCUT2D eigenvalue weighted by atomic mass is 10.1. The highest BCUT2D eigenvalue weighted by Crippen LogP contribution is 2.27. The molecule has 4 rings (SSSR count). The van der Waals surface area contributed by atoms with Crippen LogP contribution in [0, 0.1) is 5.82 Å². The summed E-state index contributed by atoms with van der Waals surface area (Å²) in [5.41, 5.74) is 3.39. The number of anilines is 1. The van der Waals surface area contributed by atoms with Gasteiger partial charge in [0.05, 0.1) is 18.1 Å². The van der Waals surface area contributed by atoms with Gasteiger partial charge in [-0.25, -0.2) is 18.7 Å². The van der Waals surface area contributed by atoms with Crippen LogP contribution in [0.15, 0.2) is 61.3 Å². The SMILES string of the molecule is O=C(NCC(F)(F)F)Nc1cncc(-c2cnn3cc(-c4ccc(F)cc4)cnc23)c1. The molecule has 0 radical (unpaired) electrons. The number of alkyl halides is 3. The molecule has 0 aliphatic rings. The molecule has 0 spiro atoms. The molecule has 2 N–H and O–H groups in total. The fraction of sp³-hybridized carbons (Fsp3) is 0.100. The Bertz CT molecular complexity index is 1240. The van der Waals surface area contributed by atoms with Gasteiger partial charge in [0, 0.05) is 35.3 Å². The molecule has 1 aromatic carbocycles. The summed E-state index contributed by atoms with van der Waals surface area (Å²) in [6.07, 6.45) is 3.23. The van der Waals surface area contributed by atoms with Crippen molar-refractivity contribution in [3.63, 3.8) is 0 Å². The van der Waals surface area contributed by atoms with Gasteiger partial charge in [0.15, 0.2) is 5.65 Å². The molecular formula is C20H14F4N6O. The molecule has 0 saturated carbocycles. The second-order valence-corrected chi connectivity index (χ2v) is 6.56. The minimum atomic E-state index is -4.51. The molecule has 2 amide bonds. The minimum Gasteiger partial charge on any atom is -0.329 e. The predicted octanol–water partition coefficient (Wildman–Crippen LogP) is 4.28. The van der Waals surface area contributed by atoms with Crippen LogP contribution in [0.3, 0.4) is 0 Å². The third-order valence-electron chi connectivity index (χ3n) is 4.29. The first-order valence-electron chi connectivity index (χ1n) is 8.95. The van der Waals surface area contributed by atoms with Gasteiger partial charge >= 0.3 is 12.2 Å². The Morgan fingerprint density at radius 3 is 2.52 bits per heavy atom. The van der Waals surface area contributed by atoms with Crippen LogP contribution in [0.2, 0.25) is 0 Å². The number of benzene rings is 1. The van der Waals surface area contributed by atoms with Crippen molar-refractivity contribution < 1.29 is 22.4 Å². The van der Waals surface area contributed by atoms with Crippen LogP contribution < -0.4 is 10.6 Å². The second-order valence-electron chi connectivity index (χ2n) is 6.56. The zero-order valence-electron chi connectivity index (χ0n) is 15.7.